The van der Waals surface area contributed by atoms with Crippen molar-refractivity contribution in [2.75, 3.05) is 27.2 Å². The van der Waals surface area contributed by atoms with Gasteiger partial charge in [-0.05, 0) is 50.7 Å². The van der Waals surface area contributed by atoms with E-state index in [1.165, 1.54) is 0 Å². The summed E-state index contributed by atoms with van der Waals surface area (Å²) in [6.45, 7) is 2.69. The molecule has 4 nitrogen and oxygen atoms in total. The topological polar surface area (TPSA) is 35.6 Å². The Kier molecular flexibility index (Phi) is 5.43. The third-order valence-corrected chi connectivity index (χ3v) is 4.38. The lowest BCUT2D eigenvalue weighted by molar-refractivity contribution is 0.147. The van der Waals surface area contributed by atoms with E-state index in [9.17, 15) is 4.79 Å². The lowest BCUT2D eigenvalue weighted by Gasteiger charge is -2.35. The SMILES string of the molecule is CN1CCC(N(C)C(=O)NCc2cccc(Br)c2)CC1. The molecule has 0 radical (unpaired) electrons. The number of carbonyl (C=O) groups is 1. The van der Waals surface area contributed by atoms with Crippen molar-refractivity contribution in [3.05, 3.63) is 34.3 Å². The molecule has 0 unspecified atom stereocenters. The van der Waals surface area contributed by atoms with Crippen LogP contribution in [0.4, 0.5) is 4.79 Å². The highest BCUT2D eigenvalue weighted by Gasteiger charge is 2.23. The smallest absolute Gasteiger partial charge is 0.317 e. The molecule has 1 aromatic carbocycles. The molecule has 1 N–H and O–H groups in total. The summed E-state index contributed by atoms with van der Waals surface area (Å²) >= 11 is 3.44. The minimum atomic E-state index is 0.0135. The van der Waals surface area contributed by atoms with Crippen molar-refractivity contribution in [3.63, 3.8) is 0 Å². The number of hydrogen-bond acceptors (Lipinski definition) is 2. The second kappa shape index (κ2) is 7.09. The molecule has 0 aliphatic carbocycles. The normalized spacial score (nSPS) is 16.9. The molecule has 0 spiro atoms. The predicted molar refractivity (Wildman–Crippen MR) is 84.7 cm³/mol. The van der Waals surface area contributed by atoms with Gasteiger partial charge in [0.2, 0.25) is 0 Å². The first-order valence-electron chi connectivity index (χ1n) is 7.00. The average Bonchev–Trinajstić information content (AvgIpc) is 2.45. The molecule has 20 heavy (non-hydrogen) atoms. The van der Waals surface area contributed by atoms with Crippen LogP contribution in [0.3, 0.4) is 0 Å². The molecule has 2 amide bonds. The van der Waals surface area contributed by atoms with E-state index in [4.69, 9.17) is 0 Å². The van der Waals surface area contributed by atoms with E-state index in [0.29, 0.717) is 12.6 Å². The van der Waals surface area contributed by atoms with E-state index >= 15 is 0 Å². The van der Waals surface area contributed by atoms with E-state index in [-0.39, 0.29) is 6.03 Å². The maximum absolute atomic E-state index is 12.2. The lowest BCUT2D eigenvalue weighted by atomic mass is 10.0. The Morgan fingerprint density at radius 3 is 2.80 bits per heavy atom. The molecular formula is C15H22BrN3O. The molecule has 0 atom stereocenters. The predicted octanol–water partition coefficient (Wildman–Crippen LogP) is 2.68. The second-order valence-corrected chi connectivity index (χ2v) is 6.35. The highest BCUT2D eigenvalue weighted by molar-refractivity contribution is 9.10. The fraction of sp³-hybridized carbons (Fsp3) is 0.533. The van der Waals surface area contributed by atoms with Crippen molar-refractivity contribution in [1.29, 1.82) is 0 Å². The van der Waals surface area contributed by atoms with Crippen molar-refractivity contribution in [2.45, 2.75) is 25.4 Å². The van der Waals surface area contributed by atoms with Gasteiger partial charge in [-0.3, -0.25) is 0 Å². The number of nitrogens with one attached hydrogen (secondary N) is 1. The Morgan fingerprint density at radius 2 is 2.15 bits per heavy atom. The van der Waals surface area contributed by atoms with Gasteiger partial charge in [-0.25, -0.2) is 4.79 Å². The van der Waals surface area contributed by atoms with E-state index in [1.54, 1.807) is 0 Å². The first-order chi connectivity index (χ1) is 9.56. The summed E-state index contributed by atoms with van der Waals surface area (Å²) < 4.78 is 1.04. The van der Waals surface area contributed by atoms with Gasteiger partial charge in [0.15, 0.2) is 0 Å². The van der Waals surface area contributed by atoms with Gasteiger partial charge in [0.05, 0.1) is 0 Å². The van der Waals surface area contributed by atoms with Crippen LogP contribution >= 0.6 is 15.9 Å². The van der Waals surface area contributed by atoms with Crippen LogP contribution < -0.4 is 5.32 Å². The quantitative estimate of drug-likeness (QED) is 0.918. The Morgan fingerprint density at radius 1 is 1.45 bits per heavy atom. The summed E-state index contributed by atoms with van der Waals surface area (Å²) in [6, 6.07) is 8.37. The van der Waals surface area contributed by atoms with Gasteiger partial charge < -0.3 is 15.1 Å². The number of nitrogens with zero attached hydrogens (tertiary/aromatic N) is 2. The molecule has 1 fully saturated rings. The number of carbonyl (C=O) groups excluding carboxylic acids is 1. The highest BCUT2D eigenvalue weighted by atomic mass is 79.9. The standard InChI is InChI=1S/C15H22BrN3O/c1-18-8-6-14(7-9-18)19(2)15(20)17-11-12-4-3-5-13(16)10-12/h3-5,10,14H,6-9,11H2,1-2H3,(H,17,20). The van der Waals surface area contributed by atoms with Crippen molar-refractivity contribution >= 4 is 22.0 Å². The molecule has 5 heteroatoms. The third-order valence-electron chi connectivity index (χ3n) is 3.89. The van der Waals surface area contributed by atoms with Gasteiger partial charge in [-0.1, -0.05) is 28.1 Å². The molecule has 1 aliphatic heterocycles. The zero-order valence-corrected chi connectivity index (χ0v) is 13.7. The Bertz CT molecular complexity index is 458. The first kappa shape index (κ1) is 15.3. The van der Waals surface area contributed by atoms with Crippen molar-refractivity contribution < 1.29 is 4.79 Å². The van der Waals surface area contributed by atoms with Crippen molar-refractivity contribution in [2.24, 2.45) is 0 Å². The first-order valence-corrected chi connectivity index (χ1v) is 7.79. The maximum Gasteiger partial charge on any atom is 0.317 e. The molecule has 1 aromatic rings. The highest BCUT2D eigenvalue weighted by Crippen LogP contribution is 2.15. The van der Waals surface area contributed by atoms with Crippen LogP contribution in [0, 0.1) is 0 Å². The molecule has 0 aromatic heterocycles. The molecule has 1 aliphatic rings. The Hall–Kier alpha value is -1.07. The molecule has 1 saturated heterocycles. The van der Waals surface area contributed by atoms with E-state index in [2.05, 4.69) is 33.2 Å². The van der Waals surface area contributed by atoms with E-state index < -0.39 is 0 Å². The summed E-state index contributed by atoms with van der Waals surface area (Å²) in [4.78, 5) is 16.3. The van der Waals surface area contributed by atoms with E-state index in [1.807, 2.05) is 36.2 Å². The van der Waals surface area contributed by atoms with Crippen LogP contribution in [0.15, 0.2) is 28.7 Å². The monoisotopic (exact) mass is 339 g/mol. The Labute approximate surface area is 129 Å². The average molecular weight is 340 g/mol. The summed E-state index contributed by atoms with van der Waals surface area (Å²) in [5.41, 5.74) is 1.10. The number of benzene rings is 1. The number of hydrogen-bond donors (Lipinski definition) is 1. The van der Waals surface area contributed by atoms with Crippen LogP contribution in [-0.2, 0) is 6.54 Å². The van der Waals surface area contributed by atoms with Gasteiger partial charge in [-0.15, -0.1) is 0 Å². The number of likely N-dealkylation sites (tertiary alicyclic amines) is 1. The zero-order chi connectivity index (χ0) is 14.5. The summed E-state index contributed by atoms with van der Waals surface area (Å²) in [5, 5.41) is 2.99. The number of halogens is 1. The van der Waals surface area contributed by atoms with Crippen LogP contribution in [0.25, 0.3) is 0 Å². The van der Waals surface area contributed by atoms with Crippen LogP contribution in [-0.4, -0.2) is 49.1 Å². The minimum absolute atomic E-state index is 0.0135. The molecule has 0 saturated carbocycles. The number of amides is 2. The molecule has 110 valence electrons. The van der Waals surface area contributed by atoms with Crippen LogP contribution in [0.5, 0.6) is 0 Å². The van der Waals surface area contributed by atoms with Crippen LogP contribution in [0.2, 0.25) is 0 Å². The van der Waals surface area contributed by atoms with Gasteiger partial charge in [0.1, 0.15) is 0 Å². The van der Waals surface area contributed by atoms with Gasteiger partial charge >= 0.3 is 6.03 Å². The molecule has 2 rings (SSSR count). The second-order valence-electron chi connectivity index (χ2n) is 5.43. The van der Waals surface area contributed by atoms with Crippen molar-refractivity contribution in [3.8, 4) is 0 Å². The fourth-order valence-corrected chi connectivity index (χ4v) is 2.94. The van der Waals surface area contributed by atoms with Gasteiger partial charge in [0.25, 0.3) is 0 Å². The number of rotatable bonds is 3. The summed E-state index contributed by atoms with van der Waals surface area (Å²) in [7, 11) is 4.02. The fourth-order valence-electron chi connectivity index (χ4n) is 2.50. The summed E-state index contributed by atoms with van der Waals surface area (Å²) in [5.74, 6) is 0. The molecule has 1 heterocycles. The number of piperidine rings is 1. The zero-order valence-electron chi connectivity index (χ0n) is 12.1. The lowest BCUT2D eigenvalue weighted by Crippen LogP contribution is -2.47. The van der Waals surface area contributed by atoms with Gasteiger partial charge in [0, 0.05) is 24.1 Å². The minimum Gasteiger partial charge on any atom is -0.334 e. The number of urea groups is 1. The van der Waals surface area contributed by atoms with E-state index in [0.717, 1.165) is 36.0 Å². The van der Waals surface area contributed by atoms with Gasteiger partial charge in [-0.2, -0.15) is 0 Å². The van der Waals surface area contributed by atoms with Crippen molar-refractivity contribution in [1.82, 2.24) is 15.1 Å². The molecular weight excluding hydrogens is 318 g/mol. The maximum atomic E-state index is 12.2. The third kappa shape index (κ3) is 4.21. The Balaban J connectivity index is 1.82. The molecule has 0 bridgehead atoms. The van der Waals surface area contributed by atoms with Crippen LogP contribution in [0.1, 0.15) is 18.4 Å². The summed E-state index contributed by atoms with van der Waals surface area (Å²) in [6.07, 6.45) is 2.11. The largest absolute Gasteiger partial charge is 0.334 e.